The van der Waals surface area contributed by atoms with Gasteiger partial charge in [0.15, 0.2) is 17.5 Å². The highest BCUT2D eigenvalue weighted by Gasteiger charge is 2.36. The van der Waals surface area contributed by atoms with Crippen molar-refractivity contribution in [1.82, 2.24) is 19.9 Å². The van der Waals surface area contributed by atoms with Crippen LogP contribution in [0.5, 0.6) is 0 Å². The van der Waals surface area contributed by atoms with E-state index in [1.165, 1.54) is 22.3 Å². The van der Waals surface area contributed by atoms with Crippen LogP contribution in [0.4, 0.5) is 0 Å². The standard InChI is InChI=1S/C46H31N5/c1-46(2)41-25-31(18-19-38(41)40-24-32-15-9-16-33(27-47)39(32)26-42(40)46)35-21-36(34-17-10-20-48-28-34)23-37(22-35)45-50-43(29-11-5-3-6-12-29)49-44(51-45)30-13-7-4-8-14-30/h3-26,28H,1-2H3. The fourth-order valence-corrected chi connectivity index (χ4v) is 7.34. The summed E-state index contributed by atoms with van der Waals surface area (Å²) in [4.78, 5) is 19.5. The number of aromatic nitrogens is 4. The zero-order valence-electron chi connectivity index (χ0n) is 28.2. The molecule has 0 fully saturated rings. The molecule has 0 amide bonds. The summed E-state index contributed by atoms with van der Waals surface area (Å²) in [6.45, 7) is 4.56. The fourth-order valence-electron chi connectivity index (χ4n) is 7.34. The first-order chi connectivity index (χ1) is 25.0. The molecule has 0 radical (unpaired) electrons. The second-order valence-corrected chi connectivity index (χ2v) is 13.5. The normalized spacial score (nSPS) is 12.6. The minimum absolute atomic E-state index is 0.259. The molecular weight excluding hydrogens is 623 g/mol. The molecule has 5 nitrogen and oxygen atoms in total. The van der Waals surface area contributed by atoms with Crippen molar-refractivity contribution in [3.05, 3.63) is 169 Å². The van der Waals surface area contributed by atoms with E-state index in [-0.39, 0.29) is 5.41 Å². The summed E-state index contributed by atoms with van der Waals surface area (Å²) in [6.07, 6.45) is 3.69. The number of nitrogens with zero attached hydrogens (tertiary/aromatic N) is 5. The van der Waals surface area contributed by atoms with E-state index in [2.05, 4.69) is 85.6 Å². The molecule has 240 valence electrons. The van der Waals surface area contributed by atoms with Gasteiger partial charge in [0.25, 0.3) is 0 Å². The molecule has 8 aromatic rings. The van der Waals surface area contributed by atoms with Gasteiger partial charge in [-0.1, -0.05) is 105 Å². The van der Waals surface area contributed by atoms with Gasteiger partial charge in [0.2, 0.25) is 0 Å². The van der Waals surface area contributed by atoms with Gasteiger partial charge in [0.05, 0.1) is 11.6 Å². The number of hydrogen-bond acceptors (Lipinski definition) is 5. The second kappa shape index (κ2) is 12.0. The van der Waals surface area contributed by atoms with Crippen LogP contribution >= 0.6 is 0 Å². The van der Waals surface area contributed by atoms with Crippen LogP contribution in [0.25, 0.3) is 78.3 Å². The number of pyridine rings is 1. The summed E-state index contributed by atoms with van der Waals surface area (Å²) in [5, 5.41) is 11.9. The molecule has 2 heterocycles. The molecule has 0 saturated carbocycles. The van der Waals surface area contributed by atoms with Gasteiger partial charge in [0.1, 0.15) is 0 Å². The Bertz CT molecular complexity index is 2600. The van der Waals surface area contributed by atoms with Crippen LogP contribution in [0.2, 0.25) is 0 Å². The van der Waals surface area contributed by atoms with Crippen LogP contribution in [0.15, 0.2) is 152 Å². The third kappa shape index (κ3) is 5.26. The molecule has 51 heavy (non-hydrogen) atoms. The summed E-state index contributed by atoms with van der Waals surface area (Å²) in [6, 6.07) is 50.3. The van der Waals surface area contributed by atoms with E-state index < -0.39 is 0 Å². The first kappa shape index (κ1) is 30.3. The lowest BCUT2D eigenvalue weighted by Crippen LogP contribution is -2.15. The topological polar surface area (TPSA) is 75.3 Å². The number of benzene rings is 6. The quantitative estimate of drug-likeness (QED) is 0.185. The molecule has 6 aromatic carbocycles. The van der Waals surface area contributed by atoms with E-state index in [1.54, 1.807) is 6.20 Å². The first-order valence-corrected chi connectivity index (χ1v) is 17.0. The zero-order valence-corrected chi connectivity index (χ0v) is 28.2. The number of rotatable bonds is 5. The Morgan fingerprint density at radius 1 is 0.490 bits per heavy atom. The maximum absolute atomic E-state index is 9.84. The number of fused-ring (bicyclic) bond motifs is 4. The van der Waals surface area contributed by atoms with Gasteiger partial charge in [0, 0.05) is 40.1 Å². The SMILES string of the molecule is CC1(C)c2cc(-c3cc(-c4cccnc4)cc(-c4nc(-c5ccccc5)nc(-c5ccccc5)n4)c3)ccc2-c2cc3cccc(C#N)c3cc21. The lowest BCUT2D eigenvalue weighted by molar-refractivity contribution is 0.661. The molecule has 0 atom stereocenters. The van der Waals surface area contributed by atoms with E-state index in [0.29, 0.717) is 23.0 Å². The van der Waals surface area contributed by atoms with Crippen molar-refractivity contribution in [2.75, 3.05) is 0 Å². The molecule has 2 aromatic heterocycles. The van der Waals surface area contributed by atoms with Gasteiger partial charge in [-0.2, -0.15) is 5.26 Å². The lowest BCUT2D eigenvalue weighted by atomic mass is 9.80. The smallest absolute Gasteiger partial charge is 0.164 e. The van der Waals surface area contributed by atoms with Gasteiger partial charge in [-0.25, -0.2) is 15.0 Å². The second-order valence-electron chi connectivity index (χ2n) is 13.5. The average Bonchev–Trinajstić information content (AvgIpc) is 3.41. The Kier molecular flexibility index (Phi) is 7.12. The van der Waals surface area contributed by atoms with Gasteiger partial charge in [-0.05, 0) is 98.2 Å². The third-order valence-electron chi connectivity index (χ3n) is 10.0. The zero-order chi connectivity index (χ0) is 34.5. The molecule has 9 rings (SSSR count). The minimum atomic E-state index is -0.259. The van der Waals surface area contributed by atoms with Gasteiger partial charge in [-0.15, -0.1) is 0 Å². The van der Waals surface area contributed by atoms with Gasteiger partial charge >= 0.3 is 0 Å². The molecule has 1 aliphatic carbocycles. The fraction of sp³-hybridized carbons (Fsp3) is 0.0652. The van der Waals surface area contributed by atoms with Crippen molar-refractivity contribution in [3.8, 4) is 73.6 Å². The average molecular weight is 654 g/mol. The number of hydrogen-bond donors (Lipinski definition) is 0. The summed E-state index contributed by atoms with van der Waals surface area (Å²) >= 11 is 0. The van der Waals surface area contributed by atoms with Crippen LogP contribution in [-0.4, -0.2) is 19.9 Å². The Morgan fingerprint density at radius 3 is 1.75 bits per heavy atom. The maximum Gasteiger partial charge on any atom is 0.164 e. The van der Waals surface area contributed by atoms with E-state index in [9.17, 15) is 5.26 Å². The van der Waals surface area contributed by atoms with Crippen LogP contribution in [0.3, 0.4) is 0 Å². The molecule has 0 bridgehead atoms. The molecule has 1 aliphatic rings. The molecule has 0 aliphatic heterocycles. The van der Waals surface area contributed by atoms with Crippen molar-refractivity contribution in [1.29, 1.82) is 5.26 Å². The summed E-state index contributed by atoms with van der Waals surface area (Å²) in [5.74, 6) is 1.84. The largest absolute Gasteiger partial charge is 0.264 e. The van der Waals surface area contributed by atoms with Crippen molar-refractivity contribution < 1.29 is 0 Å². The Balaban J connectivity index is 1.23. The third-order valence-corrected chi connectivity index (χ3v) is 10.0. The molecule has 0 spiro atoms. The van der Waals surface area contributed by atoms with Crippen LogP contribution in [0.1, 0.15) is 30.5 Å². The molecular formula is C46H31N5. The van der Waals surface area contributed by atoms with E-state index in [4.69, 9.17) is 15.0 Å². The Labute approximate surface area is 296 Å². The van der Waals surface area contributed by atoms with Crippen LogP contribution < -0.4 is 0 Å². The highest BCUT2D eigenvalue weighted by Crippen LogP contribution is 2.51. The van der Waals surface area contributed by atoms with Crippen molar-refractivity contribution in [3.63, 3.8) is 0 Å². The molecule has 0 saturated heterocycles. The Morgan fingerprint density at radius 2 is 1.10 bits per heavy atom. The molecule has 0 unspecified atom stereocenters. The molecule has 0 N–H and O–H groups in total. The summed E-state index contributed by atoms with van der Waals surface area (Å²) in [5.41, 5.74) is 12.3. The van der Waals surface area contributed by atoms with Crippen LogP contribution in [-0.2, 0) is 5.41 Å². The first-order valence-electron chi connectivity index (χ1n) is 17.0. The highest BCUT2D eigenvalue weighted by molar-refractivity contribution is 5.97. The monoisotopic (exact) mass is 653 g/mol. The van der Waals surface area contributed by atoms with Gasteiger partial charge < -0.3 is 0 Å². The summed E-state index contributed by atoms with van der Waals surface area (Å²) in [7, 11) is 0. The van der Waals surface area contributed by atoms with Crippen molar-refractivity contribution >= 4 is 10.8 Å². The molecule has 5 heteroatoms. The van der Waals surface area contributed by atoms with E-state index in [0.717, 1.165) is 49.7 Å². The Hall–Kier alpha value is -6.77. The number of nitriles is 1. The van der Waals surface area contributed by atoms with Crippen LogP contribution in [0, 0.1) is 11.3 Å². The predicted molar refractivity (Wildman–Crippen MR) is 205 cm³/mol. The predicted octanol–water partition coefficient (Wildman–Crippen LogP) is 10.9. The van der Waals surface area contributed by atoms with E-state index in [1.807, 2.05) is 85.1 Å². The minimum Gasteiger partial charge on any atom is -0.264 e. The summed E-state index contributed by atoms with van der Waals surface area (Å²) < 4.78 is 0. The van der Waals surface area contributed by atoms with Gasteiger partial charge in [-0.3, -0.25) is 4.98 Å². The maximum atomic E-state index is 9.84. The van der Waals surface area contributed by atoms with E-state index >= 15 is 0 Å². The van der Waals surface area contributed by atoms with Crippen molar-refractivity contribution in [2.45, 2.75) is 19.3 Å². The van der Waals surface area contributed by atoms with Crippen molar-refractivity contribution in [2.24, 2.45) is 0 Å². The lowest BCUT2D eigenvalue weighted by Gasteiger charge is -2.22. The highest BCUT2D eigenvalue weighted by atomic mass is 15.0.